The number of hydrogen-bond acceptors (Lipinski definition) is 5. The second kappa shape index (κ2) is 9.28. The van der Waals surface area contributed by atoms with E-state index in [-0.39, 0.29) is 24.3 Å². The van der Waals surface area contributed by atoms with Gasteiger partial charge in [-0.05, 0) is 55.7 Å². The van der Waals surface area contributed by atoms with Gasteiger partial charge in [0, 0.05) is 32.3 Å². The van der Waals surface area contributed by atoms with Gasteiger partial charge in [-0.1, -0.05) is 17.3 Å². The van der Waals surface area contributed by atoms with Crippen molar-refractivity contribution < 1.29 is 14.3 Å². The highest BCUT2D eigenvalue weighted by atomic mass is 16.5. The minimum absolute atomic E-state index is 0.0290. The summed E-state index contributed by atoms with van der Waals surface area (Å²) < 4.78 is 7.21. The Morgan fingerprint density at radius 3 is 3.03 bits per heavy atom. The molecule has 2 aliphatic heterocycles. The maximum absolute atomic E-state index is 12.6. The van der Waals surface area contributed by atoms with Crippen molar-refractivity contribution in [3.63, 3.8) is 0 Å². The van der Waals surface area contributed by atoms with Gasteiger partial charge in [-0.15, -0.1) is 5.10 Å². The number of piperidine rings is 1. The van der Waals surface area contributed by atoms with E-state index in [1.54, 1.807) is 10.9 Å². The lowest BCUT2D eigenvalue weighted by Crippen LogP contribution is -2.42. The molecule has 0 saturated carbocycles. The molecule has 30 heavy (non-hydrogen) atoms. The summed E-state index contributed by atoms with van der Waals surface area (Å²) >= 11 is 0. The molecule has 1 aromatic carbocycles. The van der Waals surface area contributed by atoms with Gasteiger partial charge in [-0.25, -0.2) is 4.68 Å². The molecule has 160 valence electrons. The summed E-state index contributed by atoms with van der Waals surface area (Å²) in [5.74, 6) is 1.22. The number of hydrogen-bond donors (Lipinski definition) is 1. The molecule has 1 fully saturated rings. The van der Waals surface area contributed by atoms with E-state index in [4.69, 9.17) is 4.74 Å². The molecular formula is C22H29N5O3. The third-order valence-electron chi connectivity index (χ3n) is 5.76. The van der Waals surface area contributed by atoms with Crippen LogP contribution in [-0.2, 0) is 29.1 Å². The zero-order valence-corrected chi connectivity index (χ0v) is 17.5. The van der Waals surface area contributed by atoms with E-state index in [0.717, 1.165) is 55.8 Å². The van der Waals surface area contributed by atoms with E-state index in [1.165, 1.54) is 5.56 Å². The number of carbonyl (C=O) groups is 2. The Hall–Kier alpha value is -2.90. The van der Waals surface area contributed by atoms with E-state index in [0.29, 0.717) is 19.5 Å². The quantitative estimate of drug-likeness (QED) is 0.784. The Balaban J connectivity index is 1.24. The van der Waals surface area contributed by atoms with Crippen LogP contribution in [0.4, 0.5) is 0 Å². The van der Waals surface area contributed by atoms with E-state index in [9.17, 15) is 9.59 Å². The Morgan fingerprint density at radius 2 is 2.20 bits per heavy atom. The predicted octanol–water partition coefficient (Wildman–Crippen LogP) is 1.86. The van der Waals surface area contributed by atoms with Crippen LogP contribution < -0.4 is 10.1 Å². The van der Waals surface area contributed by atoms with Crippen LogP contribution in [0.5, 0.6) is 5.75 Å². The molecule has 1 saturated heterocycles. The number of amides is 2. The van der Waals surface area contributed by atoms with Crippen LogP contribution in [-0.4, -0.2) is 51.4 Å². The lowest BCUT2D eigenvalue weighted by molar-refractivity contribution is -0.135. The van der Waals surface area contributed by atoms with Gasteiger partial charge in [0.2, 0.25) is 11.8 Å². The van der Waals surface area contributed by atoms with Gasteiger partial charge in [0.05, 0.1) is 12.3 Å². The fraction of sp³-hybridized carbons (Fsp3) is 0.545. The van der Waals surface area contributed by atoms with Crippen molar-refractivity contribution in [3.05, 3.63) is 41.2 Å². The second-order valence-electron chi connectivity index (χ2n) is 8.28. The monoisotopic (exact) mass is 411 g/mol. The fourth-order valence-electron chi connectivity index (χ4n) is 4.23. The molecule has 0 spiro atoms. The molecule has 0 radical (unpaired) electrons. The average molecular weight is 412 g/mol. The summed E-state index contributed by atoms with van der Waals surface area (Å²) in [4.78, 5) is 26.9. The summed E-state index contributed by atoms with van der Waals surface area (Å²) in [6.07, 6.45) is 6.16. The number of rotatable bonds is 6. The van der Waals surface area contributed by atoms with Crippen LogP contribution in [0.1, 0.15) is 42.5 Å². The molecule has 2 aromatic rings. The van der Waals surface area contributed by atoms with Gasteiger partial charge in [-0.3, -0.25) is 9.59 Å². The number of ether oxygens (including phenoxy) is 1. The van der Waals surface area contributed by atoms with Crippen molar-refractivity contribution in [1.82, 2.24) is 25.2 Å². The third-order valence-corrected chi connectivity index (χ3v) is 5.76. The minimum Gasteiger partial charge on any atom is -0.493 e. The number of nitrogens with one attached hydrogen (secondary N) is 1. The van der Waals surface area contributed by atoms with Crippen molar-refractivity contribution in [1.29, 1.82) is 0 Å². The number of carbonyl (C=O) groups excluding carboxylic acids is 2. The maximum Gasteiger partial charge on any atom is 0.244 e. The van der Waals surface area contributed by atoms with E-state index >= 15 is 0 Å². The van der Waals surface area contributed by atoms with Crippen molar-refractivity contribution in [2.24, 2.45) is 5.92 Å². The molecule has 8 nitrogen and oxygen atoms in total. The van der Waals surface area contributed by atoms with Gasteiger partial charge in [0.1, 0.15) is 12.3 Å². The molecule has 0 bridgehead atoms. The number of likely N-dealkylation sites (tertiary alicyclic amines) is 1. The van der Waals surface area contributed by atoms with Crippen LogP contribution >= 0.6 is 0 Å². The number of aromatic nitrogens is 3. The van der Waals surface area contributed by atoms with Crippen molar-refractivity contribution in [2.75, 3.05) is 19.7 Å². The van der Waals surface area contributed by atoms with Gasteiger partial charge in [0.15, 0.2) is 0 Å². The SMILES string of the molecule is Cc1cn(CC(=O)N2CCC[C@H](CC(=O)NCc3ccc4c(c3)CCCO4)C2)nn1. The van der Waals surface area contributed by atoms with Crippen LogP contribution in [0.25, 0.3) is 0 Å². The first-order valence-electron chi connectivity index (χ1n) is 10.7. The number of benzene rings is 1. The highest BCUT2D eigenvalue weighted by Crippen LogP contribution is 2.25. The van der Waals surface area contributed by atoms with E-state index in [1.807, 2.05) is 24.0 Å². The fourth-order valence-corrected chi connectivity index (χ4v) is 4.23. The van der Waals surface area contributed by atoms with Gasteiger partial charge >= 0.3 is 0 Å². The molecule has 1 aromatic heterocycles. The maximum atomic E-state index is 12.6. The van der Waals surface area contributed by atoms with Gasteiger partial charge in [-0.2, -0.15) is 0 Å². The number of nitrogens with zero attached hydrogens (tertiary/aromatic N) is 4. The molecule has 1 atom stereocenters. The van der Waals surface area contributed by atoms with Crippen LogP contribution in [0.3, 0.4) is 0 Å². The molecular weight excluding hydrogens is 382 g/mol. The van der Waals surface area contributed by atoms with Gasteiger partial charge < -0.3 is 15.0 Å². The Bertz CT molecular complexity index is 910. The topological polar surface area (TPSA) is 89.4 Å². The summed E-state index contributed by atoms with van der Waals surface area (Å²) in [5.41, 5.74) is 3.11. The normalized spacial score (nSPS) is 18.4. The van der Waals surface area contributed by atoms with Crippen LogP contribution in [0, 0.1) is 12.8 Å². The standard InChI is InChI=1S/C22H29N5O3/c1-16-13-27(25-24-16)15-22(29)26-8-2-4-18(14-26)11-21(28)23-12-17-6-7-20-19(10-17)5-3-9-30-20/h6-7,10,13,18H,2-5,8-9,11-12,14-15H2,1H3,(H,23,28)/t18-/m1/s1. The third kappa shape index (κ3) is 5.17. The Labute approximate surface area is 176 Å². The highest BCUT2D eigenvalue weighted by molar-refractivity contribution is 5.77. The molecule has 3 heterocycles. The molecule has 0 aliphatic carbocycles. The Kier molecular flexibility index (Phi) is 6.30. The zero-order chi connectivity index (χ0) is 20.9. The van der Waals surface area contributed by atoms with Gasteiger partial charge in [0.25, 0.3) is 0 Å². The van der Waals surface area contributed by atoms with Crippen molar-refractivity contribution in [2.45, 2.75) is 52.1 Å². The van der Waals surface area contributed by atoms with Crippen LogP contribution in [0.15, 0.2) is 24.4 Å². The van der Waals surface area contributed by atoms with E-state index < -0.39 is 0 Å². The van der Waals surface area contributed by atoms with Crippen molar-refractivity contribution in [3.8, 4) is 5.75 Å². The first-order chi connectivity index (χ1) is 14.6. The minimum atomic E-state index is 0.0290. The van der Waals surface area contributed by atoms with E-state index in [2.05, 4.69) is 21.7 Å². The number of aryl methyl sites for hydroxylation is 2. The molecule has 1 N–H and O–H groups in total. The summed E-state index contributed by atoms with van der Waals surface area (Å²) in [6.45, 7) is 4.71. The molecule has 2 amide bonds. The molecule has 2 aliphatic rings. The first kappa shape index (κ1) is 20.4. The molecule has 8 heteroatoms. The number of fused-ring (bicyclic) bond motifs is 1. The Morgan fingerprint density at radius 1 is 1.30 bits per heavy atom. The average Bonchev–Trinajstić information content (AvgIpc) is 3.16. The largest absolute Gasteiger partial charge is 0.493 e. The zero-order valence-electron chi connectivity index (χ0n) is 17.5. The first-order valence-corrected chi connectivity index (χ1v) is 10.7. The van der Waals surface area contributed by atoms with Crippen LogP contribution in [0.2, 0.25) is 0 Å². The summed E-state index contributed by atoms with van der Waals surface area (Å²) in [6, 6.07) is 6.14. The lowest BCUT2D eigenvalue weighted by atomic mass is 9.94. The summed E-state index contributed by atoms with van der Waals surface area (Å²) in [5, 5.41) is 10.9. The smallest absolute Gasteiger partial charge is 0.244 e. The molecule has 0 unspecified atom stereocenters. The predicted molar refractivity (Wildman–Crippen MR) is 111 cm³/mol. The van der Waals surface area contributed by atoms with Crippen molar-refractivity contribution >= 4 is 11.8 Å². The second-order valence-corrected chi connectivity index (χ2v) is 8.28. The lowest BCUT2D eigenvalue weighted by Gasteiger charge is -2.32. The molecule has 4 rings (SSSR count). The summed E-state index contributed by atoms with van der Waals surface area (Å²) in [7, 11) is 0. The highest BCUT2D eigenvalue weighted by Gasteiger charge is 2.25.